The summed E-state index contributed by atoms with van der Waals surface area (Å²) in [5.41, 5.74) is 3.20. The van der Waals surface area contributed by atoms with Crippen LogP contribution in [-0.2, 0) is 17.9 Å². The second kappa shape index (κ2) is 8.63. The summed E-state index contributed by atoms with van der Waals surface area (Å²) in [6.45, 7) is 1.25. The molecule has 26 heavy (non-hydrogen) atoms. The maximum atomic E-state index is 12.3. The van der Waals surface area contributed by atoms with Crippen LogP contribution in [0.1, 0.15) is 16.7 Å². The Morgan fingerprint density at radius 1 is 1.12 bits per heavy atom. The molecule has 3 aromatic rings. The van der Waals surface area contributed by atoms with Crippen molar-refractivity contribution >= 4 is 27.9 Å². The molecule has 0 aliphatic rings. The third-order valence-electron chi connectivity index (χ3n) is 3.96. The molecule has 0 fully saturated rings. The predicted molar refractivity (Wildman–Crippen MR) is 107 cm³/mol. The zero-order valence-electron chi connectivity index (χ0n) is 14.5. The Morgan fingerprint density at radius 3 is 2.58 bits per heavy atom. The molecule has 0 radical (unpaired) electrons. The van der Waals surface area contributed by atoms with Crippen LogP contribution in [0.25, 0.3) is 6.08 Å². The lowest BCUT2D eigenvalue weighted by molar-refractivity contribution is -0.125. The molecule has 0 atom stereocenters. The fourth-order valence-electron chi connectivity index (χ4n) is 2.57. The van der Waals surface area contributed by atoms with Gasteiger partial charge in [-0.1, -0.05) is 58.4 Å². The van der Waals surface area contributed by atoms with Crippen LogP contribution < -0.4 is 0 Å². The highest BCUT2D eigenvalue weighted by molar-refractivity contribution is 9.10. The van der Waals surface area contributed by atoms with Gasteiger partial charge < -0.3 is 4.90 Å². The second-order valence-electron chi connectivity index (χ2n) is 6.11. The van der Waals surface area contributed by atoms with Crippen molar-refractivity contribution in [3.8, 4) is 0 Å². The third-order valence-corrected chi connectivity index (χ3v) is 4.49. The molecule has 2 aromatic carbocycles. The van der Waals surface area contributed by atoms with Crippen LogP contribution in [0.3, 0.4) is 0 Å². The fourth-order valence-corrected chi connectivity index (χ4v) is 2.83. The first-order chi connectivity index (χ1) is 12.6. The van der Waals surface area contributed by atoms with E-state index in [-0.39, 0.29) is 5.91 Å². The molecular formula is C21H20BrN3O. The monoisotopic (exact) mass is 409 g/mol. The van der Waals surface area contributed by atoms with Crippen LogP contribution in [-0.4, -0.2) is 27.6 Å². The van der Waals surface area contributed by atoms with Crippen LogP contribution in [0.4, 0.5) is 0 Å². The van der Waals surface area contributed by atoms with Crippen LogP contribution in [0.2, 0.25) is 0 Å². The smallest absolute Gasteiger partial charge is 0.246 e. The standard InChI is InChI=1S/C21H20BrN3O/c1-24(21(26)12-9-17-7-10-20(22)11-8-17)14-19-13-23-25(16-19)15-18-5-3-2-4-6-18/h2-13,16H,14-15H2,1H3/b12-9+. The fraction of sp³-hybridized carbons (Fsp3) is 0.143. The van der Waals surface area contributed by atoms with E-state index in [1.54, 1.807) is 18.0 Å². The molecule has 0 spiro atoms. The van der Waals surface area contributed by atoms with Gasteiger partial charge in [-0.2, -0.15) is 5.10 Å². The maximum Gasteiger partial charge on any atom is 0.246 e. The minimum Gasteiger partial charge on any atom is -0.338 e. The SMILES string of the molecule is CN(Cc1cnn(Cc2ccccc2)c1)C(=O)/C=C/c1ccc(Br)cc1. The van der Waals surface area contributed by atoms with Crippen molar-refractivity contribution in [2.24, 2.45) is 0 Å². The van der Waals surface area contributed by atoms with Gasteiger partial charge in [-0.05, 0) is 29.3 Å². The molecule has 0 aliphatic heterocycles. The lowest BCUT2D eigenvalue weighted by Crippen LogP contribution is -2.23. The normalized spacial score (nSPS) is 11.0. The number of rotatable bonds is 6. The summed E-state index contributed by atoms with van der Waals surface area (Å²) in [5, 5.41) is 4.38. The lowest BCUT2D eigenvalue weighted by Gasteiger charge is -2.13. The van der Waals surface area contributed by atoms with Gasteiger partial charge in [0.05, 0.1) is 12.7 Å². The predicted octanol–water partition coefficient (Wildman–Crippen LogP) is 4.37. The van der Waals surface area contributed by atoms with E-state index in [1.807, 2.05) is 65.6 Å². The molecule has 0 aliphatic carbocycles. The Labute approximate surface area is 161 Å². The molecule has 1 amide bonds. The largest absolute Gasteiger partial charge is 0.338 e. The van der Waals surface area contributed by atoms with E-state index in [4.69, 9.17) is 0 Å². The number of halogens is 1. The van der Waals surface area contributed by atoms with E-state index in [0.29, 0.717) is 6.54 Å². The minimum absolute atomic E-state index is 0.0382. The number of amides is 1. The van der Waals surface area contributed by atoms with Gasteiger partial charge in [-0.15, -0.1) is 0 Å². The van der Waals surface area contributed by atoms with Crippen molar-refractivity contribution in [3.05, 3.63) is 94.2 Å². The highest BCUT2D eigenvalue weighted by atomic mass is 79.9. The van der Waals surface area contributed by atoms with Crippen molar-refractivity contribution in [1.29, 1.82) is 0 Å². The molecular weight excluding hydrogens is 390 g/mol. The van der Waals surface area contributed by atoms with Gasteiger partial charge in [0.1, 0.15) is 0 Å². The summed E-state index contributed by atoms with van der Waals surface area (Å²) >= 11 is 3.40. The van der Waals surface area contributed by atoms with Crippen LogP contribution in [0.5, 0.6) is 0 Å². The highest BCUT2D eigenvalue weighted by Crippen LogP contribution is 2.12. The first-order valence-corrected chi connectivity index (χ1v) is 9.13. The third kappa shape index (κ3) is 5.17. The topological polar surface area (TPSA) is 38.1 Å². The molecule has 3 rings (SSSR count). The molecule has 5 heteroatoms. The van der Waals surface area contributed by atoms with Gasteiger partial charge in [-0.3, -0.25) is 9.48 Å². The lowest BCUT2D eigenvalue weighted by atomic mass is 10.2. The molecule has 0 saturated carbocycles. The van der Waals surface area contributed by atoms with Crippen LogP contribution in [0, 0.1) is 0 Å². The molecule has 0 saturated heterocycles. The summed E-state index contributed by atoms with van der Waals surface area (Å²) in [4.78, 5) is 14.0. The number of hydrogen-bond acceptors (Lipinski definition) is 2. The van der Waals surface area contributed by atoms with E-state index >= 15 is 0 Å². The summed E-state index contributed by atoms with van der Waals surface area (Å²) in [6, 6.07) is 18.0. The zero-order valence-corrected chi connectivity index (χ0v) is 16.1. The Hall–Kier alpha value is -2.66. The summed E-state index contributed by atoms with van der Waals surface area (Å²) in [7, 11) is 1.79. The number of benzene rings is 2. The second-order valence-corrected chi connectivity index (χ2v) is 7.03. The van der Waals surface area contributed by atoms with E-state index in [9.17, 15) is 4.79 Å². The first kappa shape index (κ1) is 18.1. The zero-order chi connectivity index (χ0) is 18.4. The number of likely N-dealkylation sites (N-methyl/N-ethyl adjacent to an activating group) is 1. The van der Waals surface area contributed by atoms with Crippen molar-refractivity contribution < 1.29 is 4.79 Å². The summed E-state index contributed by atoms with van der Waals surface area (Å²) < 4.78 is 2.91. The summed E-state index contributed by atoms with van der Waals surface area (Å²) in [6.07, 6.45) is 7.21. The van der Waals surface area contributed by atoms with Gasteiger partial charge in [0, 0.05) is 35.9 Å². The van der Waals surface area contributed by atoms with Crippen molar-refractivity contribution in [2.75, 3.05) is 7.05 Å². The summed E-state index contributed by atoms with van der Waals surface area (Å²) in [5.74, 6) is -0.0382. The van der Waals surface area contributed by atoms with Crippen molar-refractivity contribution in [3.63, 3.8) is 0 Å². The molecule has 0 unspecified atom stereocenters. The number of hydrogen-bond donors (Lipinski definition) is 0. The molecule has 132 valence electrons. The van der Waals surface area contributed by atoms with Gasteiger partial charge in [-0.25, -0.2) is 0 Å². The molecule has 1 heterocycles. The van der Waals surface area contributed by atoms with Gasteiger partial charge in [0.2, 0.25) is 5.91 Å². The number of carbonyl (C=O) groups excluding carboxylic acids is 1. The highest BCUT2D eigenvalue weighted by Gasteiger charge is 2.08. The van der Waals surface area contributed by atoms with Gasteiger partial charge >= 0.3 is 0 Å². The average Bonchev–Trinajstić information content (AvgIpc) is 3.08. The first-order valence-electron chi connectivity index (χ1n) is 8.34. The molecule has 0 N–H and O–H groups in total. The van der Waals surface area contributed by atoms with E-state index in [0.717, 1.165) is 22.1 Å². The van der Waals surface area contributed by atoms with E-state index < -0.39 is 0 Å². The number of nitrogens with zero attached hydrogens (tertiary/aromatic N) is 3. The number of carbonyl (C=O) groups is 1. The van der Waals surface area contributed by atoms with E-state index in [1.165, 1.54) is 5.56 Å². The average molecular weight is 410 g/mol. The Balaban J connectivity index is 1.56. The molecule has 4 nitrogen and oxygen atoms in total. The number of aromatic nitrogens is 2. The molecule has 0 bridgehead atoms. The quantitative estimate of drug-likeness (QED) is 0.567. The van der Waals surface area contributed by atoms with Crippen molar-refractivity contribution in [1.82, 2.24) is 14.7 Å². The molecule has 1 aromatic heterocycles. The van der Waals surface area contributed by atoms with Crippen LogP contribution >= 0.6 is 15.9 Å². The van der Waals surface area contributed by atoms with Gasteiger partial charge in [0.25, 0.3) is 0 Å². The minimum atomic E-state index is -0.0382. The van der Waals surface area contributed by atoms with Crippen molar-refractivity contribution in [2.45, 2.75) is 13.1 Å². The Kier molecular flexibility index (Phi) is 6.02. The van der Waals surface area contributed by atoms with Gasteiger partial charge in [0.15, 0.2) is 0 Å². The Morgan fingerprint density at radius 2 is 1.85 bits per heavy atom. The Bertz CT molecular complexity index is 885. The maximum absolute atomic E-state index is 12.3. The van der Waals surface area contributed by atoms with E-state index in [2.05, 4.69) is 33.2 Å². The van der Waals surface area contributed by atoms with Crippen LogP contribution in [0.15, 0.2) is 77.5 Å².